The summed E-state index contributed by atoms with van der Waals surface area (Å²) in [6.45, 7) is 0. The van der Waals surface area contributed by atoms with Gasteiger partial charge in [-0.2, -0.15) is 5.10 Å². The first-order valence-electron chi connectivity index (χ1n) is 3.81. The quantitative estimate of drug-likeness (QED) is 0.806. The van der Waals surface area contributed by atoms with Crippen LogP contribution in [0.2, 0.25) is 5.28 Å². The number of halogens is 1. The van der Waals surface area contributed by atoms with Crippen LogP contribution in [0.4, 0.5) is 0 Å². The molecular weight excluding hydrogens is 240 g/mol. The fourth-order valence-corrected chi connectivity index (χ4v) is 1.75. The van der Waals surface area contributed by atoms with E-state index in [1.165, 1.54) is 22.5 Å². The van der Waals surface area contributed by atoms with Crippen molar-refractivity contribution in [3.05, 3.63) is 22.0 Å². The Hall–Kier alpha value is -1.41. The SMILES string of the molecule is Cn1c(Sc2cnnc(Cl)n2)n[nH]c1=O. The predicted octanol–water partition coefficient (Wildman–Crippen LogP) is 0.0980. The number of rotatable bonds is 2. The molecule has 0 aliphatic heterocycles. The maximum atomic E-state index is 11.1. The first kappa shape index (κ1) is 10.1. The highest BCUT2D eigenvalue weighted by atomic mass is 35.5. The molecule has 0 aliphatic rings. The largest absolute Gasteiger partial charge is 0.343 e. The van der Waals surface area contributed by atoms with E-state index in [1.807, 2.05) is 0 Å². The summed E-state index contributed by atoms with van der Waals surface area (Å²) in [5.74, 6) is 0. The number of nitrogens with one attached hydrogen (secondary N) is 1. The van der Waals surface area contributed by atoms with Crippen molar-refractivity contribution in [2.24, 2.45) is 7.05 Å². The molecule has 0 aromatic carbocycles. The van der Waals surface area contributed by atoms with Crippen molar-refractivity contribution in [3.63, 3.8) is 0 Å². The van der Waals surface area contributed by atoms with Gasteiger partial charge in [-0.15, -0.1) is 10.2 Å². The third-order valence-electron chi connectivity index (χ3n) is 1.55. The van der Waals surface area contributed by atoms with Gasteiger partial charge in [0.2, 0.25) is 5.28 Å². The molecule has 2 rings (SSSR count). The molecular formula is C6H5ClN6OS. The van der Waals surface area contributed by atoms with Crippen LogP contribution in [0.25, 0.3) is 0 Å². The molecule has 0 spiro atoms. The molecule has 7 nitrogen and oxygen atoms in total. The highest BCUT2D eigenvalue weighted by molar-refractivity contribution is 7.99. The second-order valence-electron chi connectivity index (χ2n) is 2.54. The smallest absolute Gasteiger partial charge is 0.273 e. The molecule has 0 amide bonds. The van der Waals surface area contributed by atoms with E-state index in [0.29, 0.717) is 10.2 Å². The molecule has 0 unspecified atom stereocenters. The number of aromatic nitrogens is 6. The van der Waals surface area contributed by atoms with Gasteiger partial charge in [0, 0.05) is 7.05 Å². The van der Waals surface area contributed by atoms with Crippen LogP contribution in [-0.4, -0.2) is 29.9 Å². The fraction of sp³-hybridized carbons (Fsp3) is 0.167. The van der Waals surface area contributed by atoms with Crippen LogP contribution < -0.4 is 5.69 Å². The van der Waals surface area contributed by atoms with Gasteiger partial charge in [0.25, 0.3) is 0 Å². The zero-order valence-electron chi connectivity index (χ0n) is 7.51. The van der Waals surface area contributed by atoms with Crippen LogP contribution in [0.1, 0.15) is 0 Å². The predicted molar refractivity (Wildman–Crippen MR) is 52.8 cm³/mol. The van der Waals surface area contributed by atoms with E-state index < -0.39 is 0 Å². The van der Waals surface area contributed by atoms with Crippen LogP contribution in [0, 0.1) is 0 Å². The van der Waals surface area contributed by atoms with Crippen molar-refractivity contribution in [2.75, 3.05) is 0 Å². The highest BCUT2D eigenvalue weighted by Gasteiger charge is 2.08. The Bertz CT molecular complexity index is 536. The van der Waals surface area contributed by atoms with Gasteiger partial charge in [0.1, 0.15) is 5.03 Å². The molecule has 2 aromatic heterocycles. The lowest BCUT2D eigenvalue weighted by Gasteiger charge is -1.97. The molecule has 2 heterocycles. The molecule has 0 bridgehead atoms. The Kier molecular flexibility index (Phi) is 2.69. The molecule has 0 atom stereocenters. The van der Waals surface area contributed by atoms with Crippen molar-refractivity contribution in [2.45, 2.75) is 10.2 Å². The lowest BCUT2D eigenvalue weighted by atomic mass is 10.9. The number of aromatic amines is 1. The summed E-state index contributed by atoms with van der Waals surface area (Å²) in [6.07, 6.45) is 1.44. The first-order chi connectivity index (χ1) is 7.16. The minimum atomic E-state index is -0.286. The third-order valence-corrected chi connectivity index (χ3v) is 2.66. The van der Waals surface area contributed by atoms with Crippen LogP contribution in [0.5, 0.6) is 0 Å². The maximum absolute atomic E-state index is 11.1. The number of hydrogen-bond donors (Lipinski definition) is 1. The normalized spacial score (nSPS) is 10.5. The van der Waals surface area contributed by atoms with Crippen molar-refractivity contribution in [1.29, 1.82) is 0 Å². The summed E-state index contributed by atoms with van der Waals surface area (Å²) in [5.41, 5.74) is -0.286. The fourth-order valence-electron chi connectivity index (χ4n) is 0.835. The molecule has 0 radical (unpaired) electrons. The van der Waals surface area contributed by atoms with Gasteiger partial charge >= 0.3 is 5.69 Å². The molecule has 2 aromatic rings. The van der Waals surface area contributed by atoms with Crippen molar-refractivity contribution < 1.29 is 0 Å². The Balaban J connectivity index is 2.29. The first-order valence-corrected chi connectivity index (χ1v) is 5.01. The van der Waals surface area contributed by atoms with Crippen molar-refractivity contribution in [3.8, 4) is 0 Å². The van der Waals surface area contributed by atoms with E-state index in [1.54, 1.807) is 7.05 Å². The van der Waals surface area contributed by atoms with Gasteiger partial charge in [-0.25, -0.2) is 14.9 Å². The van der Waals surface area contributed by atoms with E-state index in [0.717, 1.165) is 0 Å². The summed E-state index contributed by atoms with van der Waals surface area (Å²) in [4.78, 5) is 15.0. The molecule has 1 N–H and O–H groups in total. The standard InChI is InChI=1S/C6H5ClN6OS/c1-13-5(14)11-12-6(13)15-3-2-8-10-4(7)9-3/h2H,1H3,(H,11,14). The van der Waals surface area contributed by atoms with Crippen LogP contribution in [0.15, 0.2) is 21.2 Å². The number of H-pyrrole nitrogens is 1. The lowest BCUT2D eigenvalue weighted by molar-refractivity contribution is 0.763. The van der Waals surface area contributed by atoms with Crippen LogP contribution in [-0.2, 0) is 7.05 Å². The molecule has 15 heavy (non-hydrogen) atoms. The highest BCUT2D eigenvalue weighted by Crippen LogP contribution is 2.21. The monoisotopic (exact) mass is 244 g/mol. The van der Waals surface area contributed by atoms with Gasteiger partial charge in [-0.3, -0.25) is 4.57 Å². The molecule has 0 saturated heterocycles. The molecule has 78 valence electrons. The van der Waals surface area contributed by atoms with Crippen molar-refractivity contribution >= 4 is 23.4 Å². The minimum Gasteiger partial charge on any atom is -0.273 e. The van der Waals surface area contributed by atoms with Gasteiger partial charge in [0.05, 0.1) is 6.20 Å². The third kappa shape index (κ3) is 2.16. The summed E-state index contributed by atoms with van der Waals surface area (Å²) >= 11 is 6.73. The zero-order valence-corrected chi connectivity index (χ0v) is 9.08. The van der Waals surface area contributed by atoms with E-state index in [-0.39, 0.29) is 11.0 Å². The van der Waals surface area contributed by atoms with E-state index in [2.05, 4.69) is 25.4 Å². The van der Waals surface area contributed by atoms with E-state index >= 15 is 0 Å². The van der Waals surface area contributed by atoms with Crippen molar-refractivity contribution in [1.82, 2.24) is 29.9 Å². The molecule has 0 aliphatic carbocycles. The maximum Gasteiger partial charge on any atom is 0.343 e. The Morgan fingerprint density at radius 2 is 2.40 bits per heavy atom. The van der Waals surface area contributed by atoms with Gasteiger partial charge < -0.3 is 0 Å². The molecule has 9 heteroatoms. The summed E-state index contributed by atoms with van der Waals surface area (Å²) in [5, 5.41) is 14.3. The van der Waals surface area contributed by atoms with Crippen LogP contribution in [0.3, 0.4) is 0 Å². The van der Waals surface area contributed by atoms with Gasteiger partial charge in [-0.1, -0.05) is 0 Å². The van der Waals surface area contributed by atoms with E-state index in [4.69, 9.17) is 11.6 Å². The summed E-state index contributed by atoms with van der Waals surface area (Å²) < 4.78 is 1.36. The Morgan fingerprint density at radius 3 is 3.00 bits per heavy atom. The zero-order chi connectivity index (χ0) is 10.8. The van der Waals surface area contributed by atoms with Gasteiger partial charge in [0.15, 0.2) is 5.16 Å². The Labute approximate surface area is 92.9 Å². The second-order valence-corrected chi connectivity index (χ2v) is 3.86. The Morgan fingerprint density at radius 1 is 1.60 bits per heavy atom. The van der Waals surface area contributed by atoms with Crippen LogP contribution >= 0.6 is 23.4 Å². The number of hydrogen-bond acceptors (Lipinski definition) is 6. The average molecular weight is 245 g/mol. The molecule has 0 fully saturated rings. The topological polar surface area (TPSA) is 89.3 Å². The minimum absolute atomic E-state index is 0.0561. The summed E-state index contributed by atoms with van der Waals surface area (Å²) in [6, 6.07) is 0. The summed E-state index contributed by atoms with van der Waals surface area (Å²) in [7, 11) is 1.60. The second kappa shape index (κ2) is 3.99. The molecule has 0 saturated carbocycles. The lowest BCUT2D eigenvalue weighted by Crippen LogP contribution is -2.12. The average Bonchev–Trinajstić information content (AvgIpc) is 2.50. The van der Waals surface area contributed by atoms with E-state index in [9.17, 15) is 4.79 Å². The number of nitrogens with zero attached hydrogens (tertiary/aromatic N) is 5. The van der Waals surface area contributed by atoms with Gasteiger partial charge in [-0.05, 0) is 23.4 Å².